The molecule has 7 heteroatoms. The van der Waals surface area contributed by atoms with Gasteiger partial charge in [-0.1, -0.05) is 18.2 Å². The Hall–Kier alpha value is -3.32. The number of ether oxygens (including phenoxy) is 1. The predicted octanol–water partition coefficient (Wildman–Crippen LogP) is 2.77. The van der Waals surface area contributed by atoms with Crippen LogP contribution in [0, 0.1) is 0 Å². The fraction of sp³-hybridized carbons (Fsp3) is 0.200. The van der Waals surface area contributed by atoms with Gasteiger partial charge in [0.25, 0.3) is 11.8 Å². The molecule has 7 nitrogen and oxygen atoms in total. The molecule has 4 N–H and O–H groups in total. The SMILES string of the molecule is COc1ccc(C(=O)Nc2occ3ccccc23)cc1C(=O)NCCCN. The largest absolute Gasteiger partial charge is 0.496 e. The molecule has 0 bridgehead atoms. The van der Waals surface area contributed by atoms with Crippen LogP contribution in [0.3, 0.4) is 0 Å². The first-order chi connectivity index (χ1) is 13.1. The van der Waals surface area contributed by atoms with Crippen LogP contribution in [-0.4, -0.2) is 32.0 Å². The number of nitrogens with one attached hydrogen (secondary N) is 2. The molecule has 0 aliphatic rings. The number of benzene rings is 2. The Bertz CT molecular complexity index is 965. The number of furan rings is 1. The normalized spacial score (nSPS) is 10.6. The first-order valence-corrected chi connectivity index (χ1v) is 8.58. The van der Waals surface area contributed by atoms with E-state index < -0.39 is 0 Å². The van der Waals surface area contributed by atoms with Crippen molar-refractivity contribution in [3.63, 3.8) is 0 Å². The zero-order valence-electron chi connectivity index (χ0n) is 15.0. The van der Waals surface area contributed by atoms with E-state index in [4.69, 9.17) is 14.9 Å². The van der Waals surface area contributed by atoms with E-state index in [2.05, 4.69) is 10.6 Å². The summed E-state index contributed by atoms with van der Waals surface area (Å²) in [6, 6.07) is 12.2. The maximum Gasteiger partial charge on any atom is 0.258 e. The molecule has 0 unspecified atom stereocenters. The molecule has 1 heterocycles. The van der Waals surface area contributed by atoms with Gasteiger partial charge in [0.05, 0.1) is 12.7 Å². The van der Waals surface area contributed by atoms with Crippen molar-refractivity contribution in [3.8, 4) is 5.75 Å². The van der Waals surface area contributed by atoms with Crippen molar-refractivity contribution in [2.75, 3.05) is 25.5 Å². The quantitative estimate of drug-likeness (QED) is 0.557. The van der Waals surface area contributed by atoms with Gasteiger partial charge in [-0.15, -0.1) is 0 Å². The number of carbonyl (C=O) groups excluding carboxylic acids is 2. The van der Waals surface area contributed by atoms with Gasteiger partial charge in [-0.05, 0) is 37.2 Å². The Balaban J connectivity index is 1.82. The number of hydrogen-bond donors (Lipinski definition) is 3. The summed E-state index contributed by atoms with van der Waals surface area (Å²) in [6.07, 6.45) is 2.25. The van der Waals surface area contributed by atoms with Crippen molar-refractivity contribution in [1.29, 1.82) is 0 Å². The molecule has 140 valence electrons. The second-order valence-corrected chi connectivity index (χ2v) is 5.92. The fourth-order valence-corrected chi connectivity index (χ4v) is 2.69. The van der Waals surface area contributed by atoms with Gasteiger partial charge in [0.2, 0.25) is 5.88 Å². The Kier molecular flexibility index (Phi) is 5.73. The van der Waals surface area contributed by atoms with E-state index in [1.165, 1.54) is 13.2 Å². The molecule has 3 rings (SSSR count). The number of fused-ring (bicyclic) bond motifs is 1. The molecule has 0 radical (unpaired) electrons. The van der Waals surface area contributed by atoms with Crippen molar-refractivity contribution < 1.29 is 18.7 Å². The van der Waals surface area contributed by atoms with Gasteiger partial charge >= 0.3 is 0 Å². The first kappa shape index (κ1) is 18.5. The molecule has 0 spiro atoms. The predicted molar refractivity (Wildman–Crippen MR) is 103 cm³/mol. The average Bonchev–Trinajstić information content (AvgIpc) is 3.10. The van der Waals surface area contributed by atoms with Gasteiger partial charge in [-0.3, -0.25) is 14.9 Å². The zero-order valence-corrected chi connectivity index (χ0v) is 15.0. The third kappa shape index (κ3) is 4.09. The second-order valence-electron chi connectivity index (χ2n) is 5.92. The third-order valence-corrected chi connectivity index (χ3v) is 4.11. The molecule has 0 atom stereocenters. The van der Waals surface area contributed by atoms with Crippen LogP contribution in [0.25, 0.3) is 10.8 Å². The molecule has 3 aromatic rings. The van der Waals surface area contributed by atoms with Crippen LogP contribution in [0.5, 0.6) is 5.75 Å². The summed E-state index contributed by atoms with van der Waals surface area (Å²) in [5, 5.41) is 7.20. The highest BCUT2D eigenvalue weighted by molar-refractivity contribution is 6.09. The minimum atomic E-state index is -0.381. The van der Waals surface area contributed by atoms with Gasteiger partial charge in [0.1, 0.15) is 12.0 Å². The Labute approximate surface area is 156 Å². The van der Waals surface area contributed by atoms with Crippen LogP contribution >= 0.6 is 0 Å². The Morgan fingerprint density at radius 3 is 2.74 bits per heavy atom. The smallest absolute Gasteiger partial charge is 0.258 e. The van der Waals surface area contributed by atoms with Gasteiger partial charge in [-0.2, -0.15) is 0 Å². The molecular weight excluding hydrogens is 346 g/mol. The molecule has 2 amide bonds. The Morgan fingerprint density at radius 1 is 1.15 bits per heavy atom. The number of hydrogen-bond acceptors (Lipinski definition) is 5. The minimum absolute atomic E-state index is 0.284. The van der Waals surface area contributed by atoms with Crippen molar-refractivity contribution in [2.24, 2.45) is 5.73 Å². The van der Waals surface area contributed by atoms with Crippen molar-refractivity contribution in [1.82, 2.24) is 5.32 Å². The molecule has 2 aromatic carbocycles. The topological polar surface area (TPSA) is 107 Å². The summed E-state index contributed by atoms with van der Waals surface area (Å²) in [5.74, 6) is 0.0489. The van der Waals surface area contributed by atoms with Crippen molar-refractivity contribution >= 4 is 28.5 Å². The highest BCUT2D eigenvalue weighted by atomic mass is 16.5. The molecule has 27 heavy (non-hydrogen) atoms. The molecule has 0 fully saturated rings. The lowest BCUT2D eigenvalue weighted by molar-refractivity contribution is 0.0950. The number of amides is 2. The maximum atomic E-state index is 12.6. The van der Waals surface area contributed by atoms with E-state index >= 15 is 0 Å². The average molecular weight is 367 g/mol. The van der Waals surface area contributed by atoms with Crippen LogP contribution in [0.15, 0.2) is 53.1 Å². The molecule has 0 aliphatic carbocycles. The highest BCUT2D eigenvalue weighted by Crippen LogP contribution is 2.26. The summed E-state index contributed by atoms with van der Waals surface area (Å²) in [7, 11) is 1.47. The Morgan fingerprint density at radius 2 is 1.96 bits per heavy atom. The summed E-state index contributed by atoms with van der Waals surface area (Å²) in [5.41, 5.74) is 6.04. The van der Waals surface area contributed by atoms with E-state index in [9.17, 15) is 9.59 Å². The molecular formula is C20H21N3O4. The van der Waals surface area contributed by atoms with Crippen molar-refractivity contribution in [2.45, 2.75) is 6.42 Å². The molecule has 0 saturated carbocycles. The fourth-order valence-electron chi connectivity index (χ4n) is 2.69. The number of rotatable bonds is 7. The number of methoxy groups -OCH3 is 1. The van der Waals surface area contributed by atoms with Gasteiger partial charge in [-0.25, -0.2) is 0 Å². The summed E-state index contributed by atoms with van der Waals surface area (Å²) < 4.78 is 10.7. The highest BCUT2D eigenvalue weighted by Gasteiger charge is 2.17. The summed E-state index contributed by atoms with van der Waals surface area (Å²) in [6.45, 7) is 0.935. The van der Waals surface area contributed by atoms with E-state index in [1.54, 1.807) is 18.4 Å². The lowest BCUT2D eigenvalue weighted by atomic mass is 10.1. The minimum Gasteiger partial charge on any atom is -0.496 e. The monoisotopic (exact) mass is 367 g/mol. The molecule has 0 saturated heterocycles. The maximum absolute atomic E-state index is 12.6. The lowest BCUT2D eigenvalue weighted by Crippen LogP contribution is -2.26. The number of anilines is 1. The van der Waals surface area contributed by atoms with Crippen LogP contribution in [0.2, 0.25) is 0 Å². The van der Waals surface area contributed by atoms with Crippen LogP contribution in [0.4, 0.5) is 5.88 Å². The third-order valence-electron chi connectivity index (χ3n) is 4.11. The van der Waals surface area contributed by atoms with Gasteiger partial charge < -0.3 is 20.2 Å². The van der Waals surface area contributed by atoms with E-state index in [1.807, 2.05) is 24.3 Å². The summed E-state index contributed by atoms with van der Waals surface area (Å²) in [4.78, 5) is 25.0. The molecule has 0 aliphatic heterocycles. The van der Waals surface area contributed by atoms with Gasteiger partial charge in [0, 0.05) is 22.9 Å². The van der Waals surface area contributed by atoms with Crippen LogP contribution in [-0.2, 0) is 0 Å². The number of carbonyl (C=O) groups is 2. The standard InChI is InChI=1S/C20H21N3O4/c1-26-17-8-7-13(11-16(17)19(25)22-10-4-9-21)18(24)23-20-15-6-3-2-5-14(15)12-27-20/h2-3,5-8,11-12H,4,9-10,21H2,1H3,(H,22,25)(H,23,24). The van der Waals surface area contributed by atoms with Crippen LogP contribution < -0.4 is 21.1 Å². The number of nitrogens with two attached hydrogens (primary N) is 1. The molecule has 1 aromatic heterocycles. The van der Waals surface area contributed by atoms with Crippen molar-refractivity contribution in [3.05, 3.63) is 59.9 Å². The second kappa shape index (κ2) is 8.37. The van der Waals surface area contributed by atoms with E-state index in [-0.39, 0.29) is 17.4 Å². The first-order valence-electron chi connectivity index (χ1n) is 8.58. The van der Waals surface area contributed by atoms with E-state index in [0.717, 1.165) is 10.8 Å². The summed E-state index contributed by atoms with van der Waals surface area (Å²) >= 11 is 0. The lowest BCUT2D eigenvalue weighted by Gasteiger charge is -2.11. The van der Waals surface area contributed by atoms with Crippen LogP contribution in [0.1, 0.15) is 27.1 Å². The zero-order chi connectivity index (χ0) is 19.2. The van der Waals surface area contributed by atoms with Gasteiger partial charge in [0.15, 0.2) is 0 Å². The van der Waals surface area contributed by atoms with E-state index in [0.29, 0.717) is 36.7 Å².